The molecule has 1 atom stereocenters. The van der Waals surface area contributed by atoms with Crippen molar-refractivity contribution in [2.75, 3.05) is 18.1 Å². The van der Waals surface area contributed by atoms with Crippen LogP contribution in [-0.4, -0.2) is 55.4 Å². The van der Waals surface area contributed by atoms with Crippen molar-refractivity contribution in [2.24, 2.45) is 0 Å². The first-order valence-electron chi connectivity index (χ1n) is 8.27. The molecule has 0 N–H and O–H groups in total. The monoisotopic (exact) mass is 383 g/mol. The van der Waals surface area contributed by atoms with Crippen molar-refractivity contribution in [3.05, 3.63) is 28.0 Å². The van der Waals surface area contributed by atoms with Crippen LogP contribution in [0.15, 0.2) is 18.2 Å². The second-order valence-corrected chi connectivity index (χ2v) is 10.0. The van der Waals surface area contributed by atoms with Gasteiger partial charge in [0.1, 0.15) is 0 Å². The van der Waals surface area contributed by atoms with E-state index in [4.69, 9.17) is 4.74 Å². The van der Waals surface area contributed by atoms with Crippen molar-refractivity contribution < 1.29 is 22.7 Å². The van der Waals surface area contributed by atoms with Crippen LogP contribution >= 0.6 is 11.3 Å². The number of hydrogen-bond acceptors (Lipinski definition) is 6. The normalized spacial score (nSPS) is 22.2. The SMILES string of the molecule is Cc1ccc(/C=C/C(=O)OCC(=O)N(C2CC2)[C@@H]2CCS(=O)(=O)C2)s1. The van der Waals surface area contributed by atoms with E-state index in [1.165, 1.54) is 6.08 Å². The van der Waals surface area contributed by atoms with Crippen LogP contribution in [0.4, 0.5) is 0 Å². The van der Waals surface area contributed by atoms with Gasteiger partial charge in [0.15, 0.2) is 16.4 Å². The molecule has 0 bridgehead atoms. The number of amides is 1. The second kappa shape index (κ2) is 7.29. The van der Waals surface area contributed by atoms with E-state index in [9.17, 15) is 18.0 Å². The van der Waals surface area contributed by atoms with Crippen LogP contribution in [0.1, 0.15) is 29.0 Å². The largest absolute Gasteiger partial charge is 0.452 e. The molecule has 1 aromatic heterocycles. The number of thiophene rings is 1. The van der Waals surface area contributed by atoms with Crippen LogP contribution in [0.3, 0.4) is 0 Å². The number of rotatable bonds is 6. The summed E-state index contributed by atoms with van der Waals surface area (Å²) in [5, 5.41) is 0. The zero-order valence-corrected chi connectivity index (χ0v) is 15.6. The Morgan fingerprint density at radius 3 is 2.60 bits per heavy atom. The lowest BCUT2D eigenvalue weighted by Crippen LogP contribution is -2.44. The molecule has 1 saturated heterocycles. The molecule has 3 rings (SSSR count). The third-order valence-electron chi connectivity index (χ3n) is 4.31. The maximum absolute atomic E-state index is 12.4. The topological polar surface area (TPSA) is 80.8 Å². The predicted octanol–water partition coefficient (Wildman–Crippen LogP) is 1.79. The Balaban J connectivity index is 1.53. The molecule has 8 heteroatoms. The Morgan fingerprint density at radius 2 is 2.04 bits per heavy atom. The molecule has 1 aliphatic carbocycles. The molecule has 136 valence electrons. The number of ether oxygens (including phenoxy) is 1. The molecule has 2 aliphatic rings. The van der Waals surface area contributed by atoms with Crippen molar-refractivity contribution in [1.29, 1.82) is 0 Å². The van der Waals surface area contributed by atoms with Crippen LogP contribution in [0.5, 0.6) is 0 Å². The maximum atomic E-state index is 12.4. The molecule has 1 amide bonds. The lowest BCUT2D eigenvalue weighted by molar-refractivity contribution is -0.149. The molecule has 2 fully saturated rings. The zero-order chi connectivity index (χ0) is 18.0. The van der Waals surface area contributed by atoms with Gasteiger partial charge in [-0.25, -0.2) is 13.2 Å². The summed E-state index contributed by atoms with van der Waals surface area (Å²) >= 11 is 1.56. The van der Waals surface area contributed by atoms with Gasteiger partial charge in [-0.1, -0.05) is 0 Å². The number of sulfone groups is 1. The Hall–Kier alpha value is -1.67. The van der Waals surface area contributed by atoms with Crippen molar-refractivity contribution in [3.63, 3.8) is 0 Å². The Labute approximate surface area is 151 Å². The van der Waals surface area contributed by atoms with Crippen LogP contribution in [-0.2, 0) is 24.2 Å². The van der Waals surface area contributed by atoms with E-state index in [2.05, 4.69) is 0 Å². The summed E-state index contributed by atoms with van der Waals surface area (Å²) in [6.45, 7) is 1.63. The third-order valence-corrected chi connectivity index (χ3v) is 7.03. The summed E-state index contributed by atoms with van der Waals surface area (Å²) in [6, 6.07) is 3.68. The van der Waals surface area contributed by atoms with Gasteiger partial charge < -0.3 is 9.64 Å². The summed E-state index contributed by atoms with van der Waals surface area (Å²) in [6.07, 6.45) is 5.20. The van der Waals surface area contributed by atoms with Crippen molar-refractivity contribution in [1.82, 2.24) is 4.90 Å². The van der Waals surface area contributed by atoms with Crippen molar-refractivity contribution in [3.8, 4) is 0 Å². The van der Waals surface area contributed by atoms with Crippen LogP contribution in [0, 0.1) is 6.92 Å². The van der Waals surface area contributed by atoms with E-state index in [1.54, 1.807) is 22.3 Å². The number of hydrogen-bond donors (Lipinski definition) is 0. The van der Waals surface area contributed by atoms with E-state index in [0.717, 1.165) is 22.6 Å². The Morgan fingerprint density at radius 1 is 1.28 bits per heavy atom. The highest BCUT2D eigenvalue weighted by Gasteiger charge is 2.42. The summed E-state index contributed by atoms with van der Waals surface area (Å²) in [7, 11) is -3.06. The van der Waals surface area contributed by atoms with Crippen LogP contribution in [0.25, 0.3) is 6.08 Å². The molecule has 25 heavy (non-hydrogen) atoms. The molecule has 2 heterocycles. The summed E-state index contributed by atoms with van der Waals surface area (Å²) in [5.41, 5.74) is 0. The number of aryl methyl sites for hydroxylation is 1. The number of carbonyl (C=O) groups is 2. The maximum Gasteiger partial charge on any atom is 0.331 e. The number of esters is 1. The lowest BCUT2D eigenvalue weighted by atomic mass is 10.2. The summed E-state index contributed by atoms with van der Waals surface area (Å²) in [5.74, 6) is -0.745. The minimum Gasteiger partial charge on any atom is -0.452 e. The van der Waals surface area contributed by atoms with Gasteiger partial charge in [-0.3, -0.25) is 4.79 Å². The first-order chi connectivity index (χ1) is 11.8. The fourth-order valence-corrected chi connectivity index (χ4v) is 5.49. The van der Waals surface area contributed by atoms with Gasteiger partial charge >= 0.3 is 5.97 Å². The molecule has 1 aromatic rings. The van der Waals surface area contributed by atoms with Gasteiger partial charge in [-0.05, 0) is 44.4 Å². The number of carbonyl (C=O) groups excluding carboxylic acids is 2. The summed E-state index contributed by atoms with van der Waals surface area (Å²) < 4.78 is 28.4. The van der Waals surface area contributed by atoms with E-state index in [-0.39, 0.29) is 36.1 Å². The first kappa shape index (κ1) is 18.1. The quantitative estimate of drug-likeness (QED) is 0.553. The van der Waals surface area contributed by atoms with Gasteiger partial charge in [0, 0.05) is 27.9 Å². The van der Waals surface area contributed by atoms with Gasteiger partial charge in [-0.2, -0.15) is 0 Å². The Bertz CT molecular complexity index is 792. The zero-order valence-electron chi connectivity index (χ0n) is 14.0. The molecule has 0 radical (unpaired) electrons. The van der Waals surface area contributed by atoms with Crippen molar-refractivity contribution in [2.45, 2.75) is 38.3 Å². The van der Waals surface area contributed by atoms with Crippen LogP contribution in [0.2, 0.25) is 0 Å². The van der Waals surface area contributed by atoms with Crippen LogP contribution < -0.4 is 0 Å². The van der Waals surface area contributed by atoms with Crippen molar-refractivity contribution >= 4 is 39.1 Å². The van der Waals surface area contributed by atoms with E-state index in [0.29, 0.717) is 6.42 Å². The molecular weight excluding hydrogens is 362 g/mol. The molecule has 1 saturated carbocycles. The second-order valence-electron chi connectivity index (χ2n) is 6.48. The van der Waals surface area contributed by atoms with Gasteiger partial charge in [0.05, 0.1) is 11.5 Å². The Kier molecular flexibility index (Phi) is 5.29. The highest BCUT2D eigenvalue weighted by Crippen LogP contribution is 2.32. The molecule has 0 unspecified atom stereocenters. The highest BCUT2D eigenvalue weighted by atomic mass is 32.2. The third kappa shape index (κ3) is 4.92. The molecule has 0 aromatic carbocycles. The van der Waals surface area contributed by atoms with E-state index >= 15 is 0 Å². The minimum atomic E-state index is -3.06. The van der Waals surface area contributed by atoms with Gasteiger partial charge in [-0.15, -0.1) is 11.3 Å². The smallest absolute Gasteiger partial charge is 0.331 e. The fraction of sp³-hybridized carbons (Fsp3) is 0.529. The van der Waals surface area contributed by atoms with E-state index in [1.807, 2.05) is 19.1 Å². The summed E-state index contributed by atoms with van der Waals surface area (Å²) in [4.78, 5) is 27.9. The first-order valence-corrected chi connectivity index (χ1v) is 10.9. The van der Waals surface area contributed by atoms with Gasteiger partial charge in [0.25, 0.3) is 5.91 Å². The minimum absolute atomic E-state index is 0.0147. The molecule has 6 nitrogen and oxygen atoms in total. The average molecular weight is 383 g/mol. The average Bonchev–Trinajstić information content (AvgIpc) is 3.19. The fourth-order valence-electron chi connectivity index (χ4n) is 3.00. The lowest BCUT2D eigenvalue weighted by Gasteiger charge is -2.28. The van der Waals surface area contributed by atoms with Gasteiger partial charge in [0.2, 0.25) is 0 Å². The predicted molar refractivity (Wildman–Crippen MR) is 96.0 cm³/mol. The molecule has 0 spiro atoms. The molecular formula is C17H21NO5S2. The number of nitrogens with zero attached hydrogens (tertiary/aromatic N) is 1. The molecule has 1 aliphatic heterocycles. The standard InChI is InChI=1S/C17H21NO5S2/c1-12-2-5-15(24-12)6-7-17(20)23-10-16(19)18(13-3-4-13)14-8-9-25(21,22)11-14/h2,5-7,13-14H,3-4,8-11H2,1H3/b7-6+/t14-/m1/s1. The highest BCUT2D eigenvalue weighted by molar-refractivity contribution is 7.91. The van der Waals surface area contributed by atoms with E-state index < -0.39 is 15.8 Å².